The quantitative estimate of drug-likeness (QED) is 0.725. The van der Waals surface area contributed by atoms with Crippen LogP contribution in [0.2, 0.25) is 0 Å². The Balaban J connectivity index is 1.67. The minimum atomic E-state index is -0.143. The Morgan fingerprint density at radius 3 is 2.85 bits per heavy atom. The fourth-order valence-electron chi connectivity index (χ4n) is 3.60. The zero-order valence-corrected chi connectivity index (χ0v) is 14.5. The summed E-state index contributed by atoms with van der Waals surface area (Å²) >= 11 is 0. The summed E-state index contributed by atoms with van der Waals surface area (Å²) in [4.78, 5) is 15.1. The summed E-state index contributed by atoms with van der Waals surface area (Å²) in [6.45, 7) is 3.07. The van der Waals surface area contributed by atoms with Gasteiger partial charge in [0.15, 0.2) is 0 Å². The highest BCUT2D eigenvalue weighted by molar-refractivity contribution is 5.99. The van der Waals surface area contributed by atoms with Gasteiger partial charge in [-0.15, -0.1) is 0 Å². The van der Waals surface area contributed by atoms with Crippen molar-refractivity contribution in [2.45, 2.75) is 32.4 Å². The molecule has 3 aromatic rings. The van der Waals surface area contributed by atoms with Gasteiger partial charge in [0.2, 0.25) is 5.88 Å². The Kier molecular flexibility index (Phi) is 4.09. The van der Waals surface area contributed by atoms with Gasteiger partial charge in [0, 0.05) is 31.3 Å². The van der Waals surface area contributed by atoms with Gasteiger partial charge in [0.25, 0.3) is 5.91 Å². The SMILES string of the molecule is Cc1oc(-n2cccc2)c(C#N)c1C(=O)N1CCC[C@H]1Cn1cccn1. The third-order valence-electron chi connectivity index (χ3n) is 4.83. The maximum absolute atomic E-state index is 13.2. The summed E-state index contributed by atoms with van der Waals surface area (Å²) < 4.78 is 9.34. The molecule has 4 rings (SSSR count). The zero-order chi connectivity index (χ0) is 18.1. The van der Waals surface area contributed by atoms with Gasteiger partial charge in [-0.2, -0.15) is 10.4 Å². The van der Waals surface area contributed by atoms with E-state index in [1.165, 1.54) is 0 Å². The molecule has 1 atom stereocenters. The van der Waals surface area contributed by atoms with Crippen molar-refractivity contribution in [1.29, 1.82) is 5.26 Å². The summed E-state index contributed by atoms with van der Waals surface area (Å²) in [7, 11) is 0. The van der Waals surface area contributed by atoms with Gasteiger partial charge < -0.3 is 9.32 Å². The average Bonchev–Trinajstić information content (AvgIpc) is 3.42. The van der Waals surface area contributed by atoms with Crippen LogP contribution >= 0.6 is 0 Å². The van der Waals surface area contributed by atoms with Gasteiger partial charge >= 0.3 is 0 Å². The van der Waals surface area contributed by atoms with Crippen LogP contribution in [0.1, 0.15) is 34.5 Å². The minimum Gasteiger partial charge on any atom is -0.443 e. The van der Waals surface area contributed by atoms with E-state index < -0.39 is 0 Å². The number of rotatable bonds is 4. The molecule has 26 heavy (non-hydrogen) atoms. The van der Waals surface area contributed by atoms with Crippen LogP contribution < -0.4 is 0 Å². The number of carbonyl (C=O) groups is 1. The van der Waals surface area contributed by atoms with Gasteiger partial charge in [-0.25, -0.2) is 0 Å². The summed E-state index contributed by atoms with van der Waals surface area (Å²) in [6.07, 6.45) is 9.09. The van der Waals surface area contributed by atoms with Gasteiger partial charge in [0.05, 0.1) is 12.6 Å². The van der Waals surface area contributed by atoms with Crippen LogP contribution in [0.3, 0.4) is 0 Å². The number of aryl methyl sites for hydroxylation is 1. The van der Waals surface area contributed by atoms with E-state index in [4.69, 9.17) is 4.42 Å². The molecule has 1 fully saturated rings. The van der Waals surface area contributed by atoms with E-state index in [0.717, 1.165) is 12.8 Å². The maximum atomic E-state index is 13.2. The van der Waals surface area contributed by atoms with Crippen molar-refractivity contribution in [1.82, 2.24) is 19.2 Å². The van der Waals surface area contributed by atoms with Crippen LogP contribution in [0.25, 0.3) is 5.88 Å². The van der Waals surface area contributed by atoms with Crippen LogP contribution in [0.4, 0.5) is 0 Å². The lowest BCUT2D eigenvalue weighted by molar-refractivity contribution is 0.0719. The minimum absolute atomic E-state index is 0.0678. The first-order chi connectivity index (χ1) is 12.7. The Bertz CT molecular complexity index is 947. The molecule has 0 aromatic carbocycles. The van der Waals surface area contributed by atoms with Gasteiger partial charge in [-0.05, 0) is 38.0 Å². The second-order valence-corrected chi connectivity index (χ2v) is 6.44. The summed E-state index contributed by atoms with van der Waals surface area (Å²) in [6, 6.07) is 7.80. The van der Waals surface area contributed by atoms with Crippen LogP contribution in [-0.4, -0.2) is 37.7 Å². The first kappa shape index (κ1) is 16.2. The molecule has 0 saturated carbocycles. The Morgan fingerprint density at radius 2 is 2.15 bits per heavy atom. The Labute approximate surface area is 151 Å². The maximum Gasteiger partial charge on any atom is 0.259 e. The van der Waals surface area contributed by atoms with Crippen molar-refractivity contribution in [2.24, 2.45) is 0 Å². The Morgan fingerprint density at radius 1 is 1.35 bits per heavy atom. The smallest absolute Gasteiger partial charge is 0.259 e. The van der Waals surface area contributed by atoms with Crippen molar-refractivity contribution in [2.75, 3.05) is 6.54 Å². The number of carbonyl (C=O) groups excluding carboxylic acids is 1. The first-order valence-electron chi connectivity index (χ1n) is 8.64. The topological polar surface area (TPSA) is 80.0 Å². The molecule has 0 bridgehead atoms. The number of nitrogens with zero attached hydrogens (tertiary/aromatic N) is 5. The molecule has 7 nitrogen and oxygen atoms in total. The van der Waals surface area contributed by atoms with Crippen molar-refractivity contribution >= 4 is 5.91 Å². The molecule has 0 aliphatic carbocycles. The highest BCUT2D eigenvalue weighted by Gasteiger charge is 2.34. The van der Waals surface area contributed by atoms with Gasteiger partial charge in [-0.3, -0.25) is 14.0 Å². The molecule has 132 valence electrons. The van der Waals surface area contributed by atoms with Crippen molar-refractivity contribution < 1.29 is 9.21 Å². The average molecular weight is 349 g/mol. The zero-order valence-electron chi connectivity index (χ0n) is 14.5. The van der Waals surface area contributed by atoms with Gasteiger partial charge in [-0.1, -0.05) is 0 Å². The molecule has 0 N–H and O–H groups in total. The Hall–Kier alpha value is -3.27. The fourth-order valence-corrected chi connectivity index (χ4v) is 3.60. The van der Waals surface area contributed by atoms with E-state index in [0.29, 0.717) is 30.3 Å². The van der Waals surface area contributed by atoms with E-state index in [1.807, 2.05) is 34.0 Å². The molecule has 1 aliphatic heterocycles. The van der Waals surface area contributed by atoms with Crippen LogP contribution in [0.5, 0.6) is 0 Å². The molecule has 1 amide bonds. The molecule has 7 heteroatoms. The van der Waals surface area contributed by atoms with E-state index >= 15 is 0 Å². The third-order valence-corrected chi connectivity index (χ3v) is 4.83. The molecule has 1 saturated heterocycles. The van der Waals surface area contributed by atoms with E-state index in [-0.39, 0.29) is 17.5 Å². The van der Waals surface area contributed by atoms with Crippen molar-refractivity contribution in [3.63, 3.8) is 0 Å². The lowest BCUT2D eigenvalue weighted by atomic mass is 10.1. The lowest BCUT2D eigenvalue weighted by Crippen LogP contribution is -2.38. The van der Waals surface area contributed by atoms with Crippen molar-refractivity contribution in [3.05, 3.63) is 59.9 Å². The van der Waals surface area contributed by atoms with Gasteiger partial charge in [0.1, 0.15) is 23.0 Å². The molecule has 1 aliphatic rings. The number of likely N-dealkylation sites (tertiary alicyclic amines) is 1. The van der Waals surface area contributed by atoms with E-state index in [2.05, 4.69) is 11.2 Å². The summed E-state index contributed by atoms with van der Waals surface area (Å²) in [5.41, 5.74) is 0.650. The fraction of sp³-hybridized carbons (Fsp3) is 0.316. The van der Waals surface area contributed by atoms with E-state index in [1.54, 1.807) is 30.1 Å². The normalized spacial score (nSPS) is 16.8. The molecule has 3 aromatic heterocycles. The molecule has 0 unspecified atom stereocenters. The largest absolute Gasteiger partial charge is 0.443 e. The highest BCUT2D eigenvalue weighted by Crippen LogP contribution is 2.29. The number of nitriles is 1. The molecular weight excluding hydrogens is 330 g/mol. The molecule has 4 heterocycles. The number of aromatic nitrogens is 3. The van der Waals surface area contributed by atoms with Crippen LogP contribution in [-0.2, 0) is 6.54 Å². The third kappa shape index (κ3) is 2.69. The lowest BCUT2D eigenvalue weighted by Gasteiger charge is -2.24. The standard InChI is InChI=1S/C19H19N5O2/c1-14-17(16(12-20)19(26-14)22-8-2-3-9-22)18(25)24-11-4-6-15(24)13-23-10-5-7-21-23/h2-3,5,7-10,15H,4,6,11,13H2,1H3/t15-/m0/s1. The van der Waals surface area contributed by atoms with E-state index in [9.17, 15) is 10.1 Å². The number of hydrogen-bond acceptors (Lipinski definition) is 4. The predicted octanol–water partition coefficient (Wildman–Crippen LogP) is 2.75. The molecular formula is C19H19N5O2. The second-order valence-electron chi connectivity index (χ2n) is 6.44. The highest BCUT2D eigenvalue weighted by atomic mass is 16.4. The van der Waals surface area contributed by atoms with Crippen LogP contribution in [0, 0.1) is 18.3 Å². The predicted molar refractivity (Wildman–Crippen MR) is 93.8 cm³/mol. The summed E-state index contributed by atoms with van der Waals surface area (Å²) in [5.74, 6) is 0.719. The van der Waals surface area contributed by atoms with Crippen LogP contribution in [0.15, 0.2) is 47.4 Å². The van der Waals surface area contributed by atoms with Crippen molar-refractivity contribution in [3.8, 4) is 12.0 Å². The monoisotopic (exact) mass is 349 g/mol. The molecule has 0 radical (unpaired) electrons. The summed E-state index contributed by atoms with van der Waals surface area (Å²) in [5, 5.41) is 13.9. The second kappa shape index (κ2) is 6.56. The first-order valence-corrected chi connectivity index (χ1v) is 8.64. The molecule has 0 spiro atoms. The number of hydrogen-bond donors (Lipinski definition) is 0. The number of amides is 1. The number of furan rings is 1.